The fraction of sp³-hybridized carbons (Fsp3) is 0.190. The van der Waals surface area contributed by atoms with Crippen LogP contribution in [-0.4, -0.2) is 36.5 Å². The van der Waals surface area contributed by atoms with Crippen LogP contribution < -0.4 is 14.9 Å². The SMILES string of the molecule is COc1ccc(/C=N/NC(=O)c2[nH]nc3c2CCc2ccccc2-3)c(OC)c1. The van der Waals surface area contributed by atoms with Crippen molar-refractivity contribution < 1.29 is 14.3 Å². The second kappa shape index (κ2) is 7.56. The van der Waals surface area contributed by atoms with Crippen LogP contribution in [0.3, 0.4) is 0 Å². The predicted octanol–water partition coefficient (Wildman–Crippen LogP) is 2.96. The molecule has 2 N–H and O–H groups in total. The summed E-state index contributed by atoms with van der Waals surface area (Å²) in [5, 5.41) is 11.3. The molecule has 1 aliphatic rings. The fourth-order valence-electron chi connectivity index (χ4n) is 3.39. The third-order valence-corrected chi connectivity index (χ3v) is 4.82. The summed E-state index contributed by atoms with van der Waals surface area (Å²) in [6.45, 7) is 0. The Hall–Kier alpha value is -3.61. The van der Waals surface area contributed by atoms with Crippen molar-refractivity contribution in [3.8, 4) is 22.8 Å². The van der Waals surface area contributed by atoms with E-state index in [1.165, 1.54) is 11.8 Å². The minimum Gasteiger partial charge on any atom is -0.497 e. The number of rotatable bonds is 5. The van der Waals surface area contributed by atoms with Gasteiger partial charge in [-0.25, -0.2) is 5.43 Å². The zero-order valence-corrected chi connectivity index (χ0v) is 15.7. The van der Waals surface area contributed by atoms with Crippen molar-refractivity contribution in [3.63, 3.8) is 0 Å². The number of hydrazone groups is 1. The van der Waals surface area contributed by atoms with Gasteiger partial charge >= 0.3 is 0 Å². The molecule has 1 amide bonds. The quantitative estimate of drug-likeness (QED) is 0.529. The standard InChI is InChI=1S/C21H20N4O3/c1-27-15-9-7-14(18(11-15)28-2)12-22-25-21(26)20-17-10-8-13-5-3-4-6-16(13)19(17)23-24-20/h3-7,9,11-12H,8,10H2,1-2H3,(H,23,24)(H,25,26)/b22-12+. The highest BCUT2D eigenvalue weighted by atomic mass is 16.5. The maximum absolute atomic E-state index is 12.6. The normalized spacial score (nSPS) is 12.4. The lowest BCUT2D eigenvalue weighted by molar-refractivity contribution is 0.0949. The molecule has 0 saturated carbocycles. The Morgan fingerprint density at radius 1 is 1.18 bits per heavy atom. The molecule has 3 aromatic rings. The van der Waals surface area contributed by atoms with E-state index in [9.17, 15) is 4.79 Å². The number of aromatic nitrogens is 2. The highest BCUT2D eigenvalue weighted by Gasteiger charge is 2.24. The van der Waals surface area contributed by atoms with Crippen molar-refractivity contribution in [2.75, 3.05) is 14.2 Å². The summed E-state index contributed by atoms with van der Waals surface area (Å²) in [5.41, 5.74) is 7.82. The first-order valence-electron chi connectivity index (χ1n) is 8.92. The number of nitrogens with zero attached hydrogens (tertiary/aromatic N) is 2. The average molecular weight is 376 g/mol. The number of carbonyl (C=O) groups excluding carboxylic acids is 1. The Bertz CT molecular complexity index is 1060. The van der Waals surface area contributed by atoms with Crippen molar-refractivity contribution in [3.05, 3.63) is 64.8 Å². The van der Waals surface area contributed by atoms with Crippen LogP contribution in [0.1, 0.15) is 27.2 Å². The molecule has 1 aliphatic carbocycles. The fourth-order valence-corrected chi connectivity index (χ4v) is 3.39. The van der Waals surface area contributed by atoms with E-state index in [4.69, 9.17) is 9.47 Å². The smallest absolute Gasteiger partial charge is 0.289 e. The van der Waals surface area contributed by atoms with E-state index >= 15 is 0 Å². The Morgan fingerprint density at radius 2 is 2.04 bits per heavy atom. The van der Waals surface area contributed by atoms with E-state index in [0.29, 0.717) is 17.2 Å². The van der Waals surface area contributed by atoms with Crippen molar-refractivity contribution in [2.45, 2.75) is 12.8 Å². The van der Waals surface area contributed by atoms with Gasteiger partial charge in [0.25, 0.3) is 5.91 Å². The first-order valence-corrected chi connectivity index (χ1v) is 8.92. The number of hydrogen-bond donors (Lipinski definition) is 2. The predicted molar refractivity (Wildman–Crippen MR) is 106 cm³/mol. The van der Waals surface area contributed by atoms with E-state index in [0.717, 1.165) is 35.2 Å². The van der Waals surface area contributed by atoms with Crippen LogP contribution in [0.25, 0.3) is 11.3 Å². The molecule has 142 valence electrons. The Morgan fingerprint density at radius 3 is 2.86 bits per heavy atom. The van der Waals surface area contributed by atoms with Gasteiger partial charge in [0.05, 0.1) is 26.1 Å². The van der Waals surface area contributed by atoms with Crippen LogP contribution in [0.4, 0.5) is 0 Å². The van der Waals surface area contributed by atoms with Crippen LogP contribution in [0.15, 0.2) is 47.6 Å². The highest BCUT2D eigenvalue weighted by molar-refractivity contribution is 5.96. The summed E-state index contributed by atoms with van der Waals surface area (Å²) in [5.74, 6) is 0.965. The number of aromatic amines is 1. The number of hydrogen-bond acceptors (Lipinski definition) is 5. The molecule has 28 heavy (non-hydrogen) atoms. The molecule has 0 fully saturated rings. The van der Waals surface area contributed by atoms with Crippen LogP contribution in [-0.2, 0) is 12.8 Å². The van der Waals surface area contributed by atoms with Gasteiger partial charge in [-0.05, 0) is 30.5 Å². The second-order valence-corrected chi connectivity index (χ2v) is 6.39. The molecule has 0 unspecified atom stereocenters. The third-order valence-electron chi connectivity index (χ3n) is 4.82. The topological polar surface area (TPSA) is 88.6 Å². The van der Waals surface area contributed by atoms with Gasteiger partial charge in [-0.15, -0.1) is 0 Å². The molecule has 4 rings (SSSR count). The number of H-pyrrole nitrogens is 1. The third kappa shape index (κ3) is 3.22. The van der Waals surface area contributed by atoms with E-state index in [1.54, 1.807) is 26.4 Å². The molecule has 0 aliphatic heterocycles. The summed E-state index contributed by atoms with van der Waals surface area (Å²) < 4.78 is 10.5. The van der Waals surface area contributed by atoms with Gasteiger partial charge in [-0.1, -0.05) is 24.3 Å². The zero-order valence-electron chi connectivity index (χ0n) is 15.7. The number of ether oxygens (including phenoxy) is 2. The average Bonchev–Trinajstić information content (AvgIpc) is 3.18. The molecule has 2 aromatic carbocycles. The Labute approximate surface area is 162 Å². The van der Waals surface area contributed by atoms with Crippen LogP contribution >= 0.6 is 0 Å². The van der Waals surface area contributed by atoms with E-state index in [1.807, 2.05) is 24.3 Å². The number of benzene rings is 2. The molecule has 7 nitrogen and oxygen atoms in total. The summed E-state index contributed by atoms with van der Waals surface area (Å²) in [6.07, 6.45) is 3.19. The van der Waals surface area contributed by atoms with E-state index < -0.39 is 0 Å². The molecule has 0 atom stereocenters. The largest absolute Gasteiger partial charge is 0.497 e. The molecule has 7 heteroatoms. The van der Waals surface area contributed by atoms with Crippen LogP contribution in [0, 0.1) is 0 Å². The Kier molecular flexibility index (Phi) is 4.80. The molecule has 0 spiro atoms. The lowest BCUT2D eigenvalue weighted by Gasteiger charge is -2.15. The number of carbonyl (C=O) groups is 1. The monoisotopic (exact) mass is 376 g/mol. The van der Waals surface area contributed by atoms with Crippen molar-refractivity contribution in [2.24, 2.45) is 5.10 Å². The zero-order chi connectivity index (χ0) is 19.5. The number of methoxy groups -OCH3 is 2. The molecule has 1 aromatic heterocycles. The molecular weight excluding hydrogens is 356 g/mol. The van der Waals surface area contributed by atoms with Gasteiger partial charge in [0.2, 0.25) is 0 Å². The van der Waals surface area contributed by atoms with Gasteiger partial charge in [-0.3, -0.25) is 9.89 Å². The lowest BCUT2D eigenvalue weighted by atomic mass is 9.89. The summed E-state index contributed by atoms with van der Waals surface area (Å²) in [6, 6.07) is 13.5. The van der Waals surface area contributed by atoms with Gasteiger partial charge in [0.15, 0.2) is 0 Å². The summed E-state index contributed by atoms with van der Waals surface area (Å²) in [7, 11) is 3.16. The molecule has 1 heterocycles. The van der Waals surface area contributed by atoms with E-state index in [2.05, 4.69) is 26.8 Å². The summed E-state index contributed by atoms with van der Waals surface area (Å²) >= 11 is 0. The van der Waals surface area contributed by atoms with Gasteiger partial charge in [0.1, 0.15) is 17.2 Å². The van der Waals surface area contributed by atoms with Crippen molar-refractivity contribution in [1.29, 1.82) is 0 Å². The minimum absolute atomic E-state index is 0.322. The molecule has 0 saturated heterocycles. The van der Waals surface area contributed by atoms with Crippen LogP contribution in [0.2, 0.25) is 0 Å². The van der Waals surface area contributed by atoms with Gasteiger partial charge in [-0.2, -0.15) is 10.2 Å². The Balaban J connectivity index is 1.52. The maximum Gasteiger partial charge on any atom is 0.289 e. The number of aryl methyl sites for hydroxylation is 1. The molecule has 0 radical (unpaired) electrons. The van der Waals surface area contributed by atoms with Crippen LogP contribution in [0.5, 0.6) is 11.5 Å². The molecule has 0 bridgehead atoms. The van der Waals surface area contributed by atoms with Crippen molar-refractivity contribution >= 4 is 12.1 Å². The maximum atomic E-state index is 12.6. The number of fused-ring (bicyclic) bond motifs is 3. The highest BCUT2D eigenvalue weighted by Crippen LogP contribution is 2.33. The van der Waals surface area contributed by atoms with E-state index in [-0.39, 0.29) is 5.91 Å². The first-order chi connectivity index (χ1) is 13.7. The van der Waals surface area contributed by atoms with Gasteiger partial charge < -0.3 is 9.47 Å². The lowest BCUT2D eigenvalue weighted by Crippen LogP contribution is -2.20. The minimum atomic E-state index is -0.322. The van der Waals surface area contributed by atoms with Gasteiger partial charge in [0, 0.05) is 22.8 Å². The number of amides is 1. The van der Waals surface area contributed by atoms with Crippen molar-refractivity contribution in [1.82, 2.24) is 15.6 Å². The second-order valence-electron chi connectivity index (χ2n) is 6.39. The number of nitrogens with one attached hydrogen (secondary N) is 2. The summed E-state index contributed by atoms with van der Waals surface area (Å²) in [4.78, 5) is 12.6. The molecular formula is C21H20N4O3. The first kappa shape index (κ1) is 17.8.